The number of aryl methyl sites for hydroxylation is 1. The Morgan fingerprint density at radius 2 is 1.84 bits per heavy atom. The number of hydrogen-bond acceptors (Lipinski definition) is 8. The fourth-order valence-corrected chi connectivity index (χ4v) is 5.83. The van der Waals surface area contributed by atoms with Crippen molar-refractivity contribution < 1.29 is 9.21 Å². The molecule has 0 saturated carbocycles. The molecular weight excluding hydrogens is 490 g/mol. The third-order valence-electron chi connectivity index (χ3n) is 7.69. The molecule has 3 aromatic rings. The predicted octanol–water partition coefficient (Wildman–Crippen LogP) is 4.27. The van der Waals surface area contributed by atoms with Gasteiger partial charge < -0.3 is 20.0 Å². The molecule has 0 aliphatic carbocycles. The molecule has 2 N–H and O–H groups in total. The van der Waals surface area contributed by atoms with Gasteiger partial charge in [-0.1, -0.05) is 23.6 Å². The van der Waals surface area contributed by atoms with Crippen LogP contribution in [0.15, 0.2) is 40.8 Å². The molecule has 4 heterocycles. The number of piperazine rings is 1. The lowest BCUT2D eigenvalue weighted by molar-refractivity contribution is 0.0436. The van der Waals surface area contributed by atoms with Crippen LogP contribution in [0.2, 0.25) is 5.02 Å². The third kappa shape index (κ3) is 5.29. The van der Waals surface area contributed by atoms with Crippen LogP contribution >= 0.6 is 11.6 Å². The maximum atomic E-state index is 13.0. The van der Waals surface area contributed by atoms with Crippen LogP contribution in [0.4, 0.5) is 11.7 Å². The first-order valence-corrected chi connectivity index (χ1v) is 13.4. The Morgan fingerprint density at radius 1 is 1.11 bits per heavy atom. The number of nitrogen functional groups attached to an aromatic ring is 1. The lowest BCUT2D eigenvalue weighted by atomic mass is 9.95. The van der Waals surface area contributed by atoms with Crippen LogP contribution in [0.3, 0.4) is 0 Å². The van der Waals surface area contributed by atoms with E-state index in [9.17, 15) is 4.79 Å². The minimum absolute atomic E-state index is 0.0363. The molecule has 5 rings (SSSR count). The summed E-state index contributed by atoms with van der Waals surface area (Å²) >= 11 is 5.99. The number of likely N-dealkylation sites (tertiary alicyclic amines) is 1. The zero-order chi connectivity index (χ0) is 26.1. The fourth-order valence-electron chi connectivity index (χ4n) is 5.70. The van der Waals surface area contributed by atoms with Crippen LogP contribution in [0.1, 0.15) is 49.2 Å². The van der Waals surface area contributed by atoms with E-state index in [2.05, 4.69) is 39.9 Å². The molecule has 1 unspecified atom stereocenters. The van der Waals surface area contributed by atoms with Gasteiger partial charge in [-0.15, -0.1) is 5.10 Å². The lowest BCUT2D eigenvalue weighted by Crippen LogP contribution is -2.61. The Labute approximate surface area is 222 Å². The maximum absolute atomic E-state index is 13.0. The van der Waals surface area contributed by atoms with Crippen LogP contribution in [0.25, 0.3) is 11.6 Å². The molecular formula is C27H34ClN7O2. The van der Waals surface area contributed by atoms with Crippen LogP contribution in [-0.4, -0.2) is 75.2 Å². The van der Waals surface area contributed by atoms with Gasteiger partial charge in [-0.2, -0.15) is 0 Å². The highest BCUT2D eigenvalue weighted by atomic mass is 35.5. The van der Waals surface area contributed by atoms with Gasteiger partial charge in [0.15, 0.2) is 0 Å². The normalized spacial score (nSPS) is 21.4. The number of piperidine rings is 1. The van der Waals surface area contributed by atoms with Gasteiger partial charge in [0, 0.05) is 54.9 Å². The highest BCUT2D eigenvalue weighted by Crippen LogP contribution is 2.31. The Bertz CT molecular complexity index is 1240. The minimum Gasteiger partial charge on any atom is -0.402 e. The zero-order valence-corrected chi connectivity index (χ0v) is 22.4. The van der Waals surface area contributed by atoms with Crippen molar-refractivity contribution in [3.8, 4) is 11.6 Å². The van der Waals surface area contributed by atoms with E-state index in [4.69, 9.17) is 26.7 Å². The smallest absolute Gasteiger partial charge is 0.313 e. The van der Waals surface area contributed by atoms with E-state index in [1.54, 1.807) is 12.1 Å². The van der Waals surface area contributed by atoms with Crippen molar-refractivity contribution in [2.75, 3.05) is 36.8 Å². The van der Waals surface area contributed by atoms with Crippen LogP contribution in [0, 0.1) is 6.92 Å². The fraction of sp³-hybridized carbons (Fsp3) is 0.481. The van der Waals surface area contributed by atoms with Crippen molar-refractivity contribution in [1.82, 2.24) is 25.0 Å². The lowest BCUT2D eigenvalue weighted by Gasteiger charge is -2.51. The summed E-state index contributed by atoms with van der Waals surface area (Å²) < 4.78 is 5.34. The molecule has 196 valence electrons. The number of carbonyl (C=O) groups is 1. The summed E-state index contributed by atoms with van der Waals surface area (Å²) in [6.07, 6.45) is 3.05. The van der Waals surface area contributed by atoms with E-state index in [0.717, 1.165) is 56.8 Å². The average Bonchev–Trinajstić information content (AvgIpc) is 3.35. The van der Waals surface area contributed by atoms with Crippen molar-refractivity contribution in [2.45, 2.75) is 58.2 Å². The van der Waals surface area contributed by atoms with Gasteiger partial charge in [-0.25, -0.2) is 4.98 Å². The van der Waals surface area contributed by atoms with Gasteiger partial charge >= 0.3 is 6.01 Å². The molecule has 2 aliphatic rings. The van der Waals surface area contributed by atoms with E-state index < -0.39 is 0 Å². The van der Waals surface area contributed by atoms with Gasteiger partial charge in [0.2, 0.25) is 0 Å². The molecule has 1 aromatic carbocycles. The number of rotatable bonds is 5. The standard InChI is InChI=1S/C27H34ClN7O2/c1-4-21-16-34(24-10-9-23(30-18(24)3)25-31-32-27(29)37-25)17(2)15-35(21)22-11-13-33(14-12-22)26(36)19-5-7-20(28)8-6-19/h5-10,17,21-22H,4,11-16H2,1-3H3,(H2,29,32)/t17-,21?/m1/s1. The summed E-state index contributed by atoms with van der Waals surface area (Å²) in [6, 6.07) is 12.5. The molecule has 37 heavy (non-hydrogen) atoms. The molecule has 9 nitrogen and oxygen atoms in total. The number of nitrogens with two attached hydrogens (primary N) is 1. The van der Waals surface area contributed by atoms with Crippen molar-refractivity contribution in [3.05, 3.63) is 52.7 Å². The second-order valence-electron chi connectivity index (χ2n) is 10.0. The van der Waals surface area contributed by atoms with Crippen molar-refractivity contribution in [3.63, 3.8) is 0 Å². The second kappa shape index (κ2) is 10.7. The number of halogens is 1. The number of anilines is 2. The van der Waals surface area contributed by atoms with Crippen molar-refractivity contribution in [2.24, 2.45) is 0 Å². The highest BCUT2D eigenvalue weighted by Gasteiger charge is 2.37. The van der Waals surface area contributed by atoms with Crippen molar-refractivity contribution >= 4 is 29.2 Å². The quantitative estimate of drug-likeness (QED) is 0.528. The number of carbonyl (C=O) groups excluding carboxylic acids is 1. The van der Waals surface area contributed by atoms with Gasteiger partial charge in [0.25, 0.3) is 11.8 Å². The summed E-state index contributed by atoms with van der Waals surface area (Å²) in [5.74, 6) is 0.423. The summed E-state index contributed by atoms with van der Waals surface area (Å²) in [7, 11) is 0. The van der Waals surface area contributed by atoms with Gasteiger partial charge in [0.05, 0.1) is 11.4 Å². The summed E-state index contributed by atoms with van der Waals surface area (Å²) in [6.45, 7) is 10.0. The SMILES string of the molecule is CCC1CN(c2ccc(-c3nnc(N)o3)nc2C)[C@H](C)CN1C1CCN(C(=O)c2ccc(Cl)cc2)CC1. The van der Waals surface area contributed by atoms with Gasteiger partial charge in [0.1, 0.15) is 5.69 Å². The summed E-state index contributed by atoms with van der Waals surface area (Å²) in [5, 5.41) is 8.33. The predicted molar refractivity (Wildman–Crippen MR) is 145 cm³/mol. The Balaban J connectivity index is 1.24. The topological polar surface area (TPSA) is 105 Å². The molecule has 10 heteroatoms. The van der Waals surface area contributed by atoms with Crippen molar-refractivity contribution in [1.29, 1.82) is 0 Å². The largest absolute Gasteiger partial charge is 0.402 e. The van der Waals surface area contributed by atoms with E-state index in [1.165, 1.54) is 0 Å². The molecule has 2 aromatic heterocycles. The second-order valence-corrected chi connectivity index (χ2v) is 10.5. The highest BCUT2D eigenvalue weighted by molar-refractivity contribution is 6.30. The number of pyridine rings is 1. The van der Waals surface area contributed by atoms with Crippen LogP contribution in [-0.2, 0) is 0 Å². The third-order valence-corrected chi connectivity index (χ3v) is 7.95. The summed E-state index contributed by atoms with van der Waals surface area (Å²) in [5.41, 5.74) is 8.96. The molecule has 2 fully saturated rings. The molecule has 2 saturated heterocycles. The summed E-state index contributed by atoms with van der Waals surface area (Å²) in [4.78, 5) is 24.8. The van der Waals surface area contributed by atoms with E-state index in [0.29, 0.717) is 40.3 Å². The van der Waals surface area contributed by atoms with Gasteiger partial charge in [-0.3, -0.25) is 9.69 Å². The number of benzene rings is 1. The van der Waals surface area contributed by atoms with Crippen LogP contribution in [0.5, 0.6) is 0 Å². The monoisotopic (exact) mass is 523 g/mol. The molecule has 2 atom stereocenters. The molecule has 0 radical (unpaired) electrons. The maximum Gasteiger partial charge on any atom is 0.313 e. The minimum atomic E-state index is 0.0363. The molecule has 1 amide bonds. The Morgan fingerprint density at radius 3 is 2.46 bits per heavy atom. The Hall–Kier alpha value is -3.17. The molecule has 0 spiro atoms. The first-order valence-electron chi connectivity index (χ1n) is 13.0. The Kier molecular flexibility index (Phi) is 7.35. The van der Waals surface area contributed by atoms with E-state index in [-0.39, 0.29) is 11.9 Å². The van der Waals surface area contributed by atoms with Gasteiger partial charge in [-0.05, 0) is 69.5 Å². The first-order chi connectivity index (χ1) is 17.8. The number of aromatic nitrogens is 3. The zero-order valence-electron chi connectivity index (χ0n) is 21.6. The number of amides is 1. The van der Waals surface area contributed by atoms with Crippen LogP contribution < -0.4 is 10.6 Å². The molecule has 2 aliphatic heterocycles. The number of nitrogens with zero attached hydrogens (tertiary/aromatic N) is 6. The first kappa shape index (κ1) is 25.5. The average molecular weight is 524 g/mol. The van der Waals surface area contributed by atoms with E-state index >= 15 is 0 Å². The number of hydrogen-bond donors (Lipinski definition) is 1. The molecule has 0 bridgehead atoms. The van der Waals surface area contributed by atoms with E-state index in [1.807, 2.05) is 30.0 Å².